The highest BCUT2D eigenvalue weighted by Crippen LogP contribution is 2.07. The van der Waals surface area contributed by atoms with Crippen LogP contribution in [-0.2, 0) is 14.9 Å². The number of hydrazone groups is 1. The van der Waals surface area contributed by atoms with Crippen LogP contribution in [0.2, 0.25) is 0 Å². The van der Waals surface area contributed by atoms with Crippen molar-refractivity contribution in [1.82, 2.24) is 14.5 Å². The molecule has 0 bridgehead atoms. The van der Waals surface area contributed by atoms with E-state index in [1.54, 1.807) is 20.8 Å². The van der Waals surface area contributed by atoms with Gasteiger partial charge >= 0.3 is 16.3 Å². The minimum atomic E-state index is -3.63. The summed E-state index contributed by atoms with van der Waals surface area (Å²) in [4.78, 5) is 13.8. The number of alkyl carbamates (subject to hydrolysis) is 1. The van der Waals surface area contributed by atoms with Crippen molar-refractivity contribution in [3.8, 4) is 0 Å². The number of carbonyl (C=O) groups excluding carboxylic acids is 1. The van der Waals surface area contributed by atoms with Crippen molar-refractivity contribution in [1.29, 1.82) is 0 Å². The molecule has 22 heavy (non-hydrogen) atoms. The second kappa shape index (κ2) is 8.94. The summed E-state index contributed by atoms with van der Waals surface area (Å²) in [5, 5.41) is 6.36. The molecule has 0 saturated carbocycles. The number of carbonyl (C=O) groups is 1. The first kappa shape index (κ1) is 20.6. The van der Waals surface area contributed by atoms with Crippen LogP contribution in [0.25, 0.3) is 0 Å². The maximum absolute atomic E-state index is 11.8. The summed E-state index contributed by atoms with van der Waals surface area (Å²) in [6.07, 6.45) is 3.26. The van der Waals surface area contributed by atoms with Crippen LogP contribution in [0.1, 0.15) is 47.0 Å². The molecule has 0 aliphatic carbocycles. The summed E-state index contributed by atoms with van der Waals surface area (Å²) in [6, 6.07) is -0.403. The van der Waals surface area contributed by atoms with Crippen LogP contribution in [0, 0.1) is 0 Å². The van der Waals surface area contributed by atoms with Crippen LogP contribution in [0.3, 0.4) is 0 Å². The average molecular weight is 336 g/mol. The second-order valence-corrected chi connectivity index (χ2v) is 7.91. The summed E-state index contributed by atoms with van der Waals surface area (Å²) >= 11 is 0. The first-order chi connectivity index (χ1) is 9.98. The zero-order valence-electron chi connectivity index (χ0n) is 14.2. The quantitative estimate of drug-likeness (QED) is 0.517. The third-order valence-electron chi connectivity index (χ3n) is 2.47. The topological polar surface area (TPSA) is 100 Å². The van der Waals surface area contributed by atoms with Gasteiger partial charge in [0.15, 0.2) is 0 Å². The van der Waals surface area contributed by atoms with Crippen LogP contribution in [0.5, 0.6) is 0 Å². The molecule has 0 unspecified atom stereocenters. The van der Waals surface area contributed by atoms with E-state index >= 15 is 0 Å². The SMILES string of the molecule is CCCC[C@@H](/C=N/NS(=O)(=O)N(C)C)NC(=O)OC(C)(C)C. The Labute approximate surface area is 133 Å². The van der Waals surface area contributed by atoms with Gasteiger partial charge in [-0.1, -0.05) is 19.8 Å². The molecule has 0 fully saturated rings. The molecule has 0 heterocycles. The zero-order chi connectivity index (χ0) is 17.4. The van der Waals surface area contributed by atoms with Gasteiger partial charge in [-0.15, -0.1) is 0 Å². The number of rotatable bonds is 8. The van der Waals surface area contributed by atoms with E-state index in [4.69, 9.17) is 4.74 Å². The molecule has 0 aromatic carbocycles. The van der Waals surface area contributed by atoms with Crippen molar-refractivity contribution in [3.05, 3.63) is 0 Å². The summed E-state index contributed by atoms with van der Waals surface area (Å²) in [7, 11) is -0.842. The van der Waals surface area contributed by atoms with E-state index in [-0.39, 0.29) is 0 Å². The van der Waals surface area contributed by atoms with Crippen molar-refractivity contribution in [2.75, 3.05) is 14.1 Å². The van der Waals surface area contributed by atoms with Gasteiger partial charge in [-0.25, -0.2) is 4.79 Å². The summed E-state index contributed by atoms with van der Waals surface area (Å²) in [6.45, 7) is 7.34. The molecular formula is C13H28N4O4S. The fourth-order valence-corrected chi connectivity index (χ4v) is 1.69. The summed E-state index contributed by atoms with van der Waals surface area (Å²) in [5.74, 6) is 0. The van der Waals surface area contributed by atoms with Crippen LogP contribution in [0.4, 0.5) is 4.79 Å². The molecule has 0 aliphatic heterocycles. The van der Waals surface area contributed by atoms with E-state index in [1.807, 2.05) is 6.92 Å². The molecule has 0 aromatic heterocycles. The van der Waals surface area contributed by atoms with Crippen LogP contribution >= 0.6 is 0 Å². The van der Waals surface area contributed by atoms with E-state index in [1.165, 1.54) is 20.3 Å². The highest BCUT2D eigenvalue weighted by molar-refractivity contribution is 7.87. The Morgan fingerprint density at radius 2 is 1.95 bits per heavy atom. The lowest BCUT2D eigenvalue weighted by Crippen LogP contribution is -2.40. The third kappa shape index (κ3) is 9.56. The van der Waals surface area contributed by atoms with Gasteiger partial charge in [0.1, 0.15) is 5.60 Å². The largest absolute Gasteiger partial charge is 0.444 e. The van der Waals surface area contributed by atoms with Gasteiger partial charge in [0.05, 0.1) is 6.04 Å². The minimum Gasteiger partial charge on any atom is -0.444 e. The standard InChI is InChI=1S/C13H28N4O4S/c1-7-8-9-11(15-12(18)21-13(2,3)4)10-14-16-22(19,20)17(5)6/h10-11,16H,7-9H2,1-6H3,(H,15,18)/b14-10+/t11-/m0/s1. The van der Waals surface area contributed by atoms with Gasteiger partial charge in [-0.05, 0) is 27.2 Å². The van der Waals surface area contributed by atoms with Gasteiger partial charge < -0.3 is 10.1 Å². The molecule has 2 N–H and O–H groups in total. The highest BCUT2D eigenvalue weighted by Gasteiger charge is 2.18. The van der Waals surface area contributed by atoms with Gasteiger partial charge in [0, 0.05) is 20.3 Å². The Hall–Kier alpha value is -1.35. The number of unbranched alkanes of at least 4 members (excludes halogenated alkanes) is 1. The molecule has 9 heteroatoms. The lowest BCUT2D eigenvalue weighted by Gasteiger charge is -2.22. The number of amides is 1. The van der Waals surface area contributed by atoms with Crippen LogP contribution in [0.15, 0.2) is 5.10 Å². The smallest absolute Gasteiger partial charge is 0.408 e. The fourth-order valence-electron chi connectivity index (χ4n) is 1.34. The van der Waals surface area contributed by atoms with E-state index in [2.05, 4.69) is 15.2 Å². The average Bonchev–Trinajstić information content (AvgIpc) is 2.32. The molecule has 1 atom stereocenters. The van der Waals surface area contributed by atoms with E-state index in [0.717, 1.165) is 17.1 Å². The van der Waals surface area contributed by atoms with Crippen molar-refractivity contribution in [2.24, 2.45) is 5.10 Å². The third-order valence-corrected chi connectivity index (χ3v) is 3.77. The predicted molar refractivity (Wildman–Crippen MR) is 86.9 cm³/mol. The fraction of sp³-hybridized carbons (Fsp3) is 0.846. The Kier molecular flexibility index (Phi) is 8.39. The van der Waals surface area contributed by atoms with Crippen molar-refractivity contribution >= 4 is 22.5 Å². The van der Waals surface area contributed by atoms with Crippen LogP contribution < -0.4 is 10.1 Å². The Morgan fingerprint density at radius 3 is 2.41 bits per heavy atom. The highest BCUT2D eigenvalue weighted by atomic mass is 32.2. The van der Waals surface area contributed by atoms with Gasteiger partial charge in [0.25, 0.3) is 0 Å². The molecule has 130 valence electrons. The minimum absolute atomic E-state index is 0.403. The normalized spacial score (nSPS) is 14.1. The zero-order valence-corrected chi connectivity index (χ0v) is 15.0. The number of hydrogen-bond acceptors (Lipinski definition) is 5. The first-order valence-corrected chi connectivity index (χ1v) is 8.64. The molecule has 8 nitrogen and oxygen atoms in total. The second-order valence-electron chi connectivity index (χ2n) is 6.05. The lowest BCUT2D eigenvalue weighted by molar-refractivity contribution is 0.0517. The van der Waals surface area contributed by atoms with Crippen molar-refractivity contribution in [2.45, 2.75) is 58.6 Å². The predicted octanol–water partition coefficient (Wildman–Crippen LogP) is 1.45. The Morgan fingerprint density at radius 1 is 1.36 bits per heavy atom. The maximum atomic E-state index is 11.8. The Bertz CT molecular complexity index is 469. The van der Waals surface area contributed by atoms with Crippen LogP contribution in [-0.4, -0.2) is 50.8 Å². The monoisotopic (exact) mass is 336 g/mol. The number of nitrogens with zero attached hydrogens (tertiary/aromatic N) is 2. The van der Waals surface area contributed by atoms with Gasteiger partial charge in [0.2, 0.25) is 0 Å². The maximum Gasteiger partial charge on any atom is 0.408 e. The van der Waals surface area contributed by atoms with E-state index in [0.29, 0.717) is 6.42 Å². The molecule has 0 spiro atoms. The number of nitrogens with one attached hydrogen (secondary N) is 2. The number of hydrogen-bond donors (Lipinski definition) is 2. The van der Waals surface area contributed by atoms with Crippen molar-refractivity contribution < 1.29 is 17.9 Å². The molecule has 0 aliphatic rings. The first-order valence-electron chi connectivity index (χ1n) is 7.20. The van der Waals surface area contributed by atoms with Gasteiger partial charge in [-0.3, -0.25) is 0 Å². The van der Waals surface area contributed by atoms with E-state index < -0.39 is 27.9 Å². The molecule has 1 amide bonds. The van der Waals surface area contributed by atoms with Crippen molar-refractivity contribution in [3.63, 3.8) is 0 Å². The summed E-state index contributed by atoms with van der Waals surface area (Å²) in [5.41, 5.74) is -0.594. The molecule has 0 rings (SSSR count). The number of ether oxygens (including phenoxy) is 1. The molecule has 0 aromatic rings. The molecule has 0 radical (unpaired) electrons. The lowest BCUT2D eigenvalue weighted by atomic mass is 10.1. The van der Waals surface area contributed by atoms with E-state index in [9.17, 15) is 13.2 Å². The summed E-state index contributed by atoms with van der Waals surface area (Å²) < 4.78 is 29.2. The Balaban J connectivity index is 4.68. The molecule has 0 saturated heterocycles. The molecular weight excluding hydrogens is 308 g/mol. The van der Waals surface area contributed by atoms with Gasteiger partial charge in [-0.2, -0.15) is 22.7 Å².